The highest BCUT2D eigenvalue weighted by Crippen LogP contribution is 2.20. The van der Waals surface area contributed by atoms with Gasteiger partial charge >= 0.3 is 0 Å². The Balaban J connectivity index is 2.49. The van der Waals surface area contributed by atoms with Crippen LogP contribution in [0.5, 0.6) is 5.75 Å². The Labute approximate surface area is 135 Å². The van der Waals surface area contributed by atoms with Gasteiger partial charge in [-0.25, -0.2) is 0 Å². The Kier molecular flexibility index (Phi) is 8.00. The van der Waals surface area contributed by atoms with E-state index in [0.29, 0.717) is 5.92 Å². The van der Waals surface area contributed by atoms with Gasteiger partial charge in [-0.05, 0) is 50.3 Å². The van der Waals surface area contributed by atoms with Gasteiger partial charge in [-0.1, -0.05) is 45.2 Å². The molecule has 0 saturated carbocycles. The van der Waals surface area contributed by atoms with Gasteiger partial charge in [0, 0.05) is 6.54 Å². The number of carbonyl (C=O) groups excluding carboxylic acids is 1. The van der Waals surface area contributed by atoms with Crippen molar-refractivity contribution in [3.8, 4) is 5.75 Å². The van der Waals surface area contributed by atoms with Gasteiger partial charge < -0.3 is 10.1 Å². The molecule has 0 spiro atoms. The number of carbonyl (C=O) groups is 1. The third-order valence-electron chi connectivity index (χ3n) is 4.12. The molecule has 3 heteroatoms. The third kappa shape index (κ3) is 6.08. The van der Waals surface area contributed by atoms with Crippen LogP contribution >= 0.6 is 0 Å². The lowest BCUT2D eigenvalue weighted by Gasteiger charge is -2.19. The van der Waals surface area contributed by atoms with E-state index >= 15 is 0 Å². The van der Waals surface area contributed by atoms with E-state index in [9.17, 15) is 4.79 Å². The van der Waals surface area contributed by atoms with Crippen LogP contribution in [0.1, 0.15) is 57.6 Å². The molecule has 1 amide bonds. The number of nitrogens with one attached hydrogen (secondary N) is 1. The van der Waals surface area contributed by atoms with E-state index in [-0.39, 0.29) is 5.91 Å². The molecular weight excluding hydrogens is 274 g/mol. The van der Waals surface area contributed by atoms with Crippen molar-refractivity contribution in [2.45, 2.75) is 66.4 Å². The number of amides is 1. The lowest BCUT2D eigenvalue weighted by Crippen LogP contribution is -2.39. The van der Waals surface area contributed by atoms with Crippen molar-refractivity contribution in [2.75, 3.05) is 6.54 Å². The minimum absolute atomic E-state index is 0.0316. The normalized spacial score (nSPS) is 13.5. The van der Waals surface area contributed by atoms with E-state index in [1.165, 1.54) is 19.3 Å². The van der Waals surface area contributed by atoms with Crippen LogP contribution in [0.15, 0.2) is 18.2 Å². The lowest BCUT2D eigenvalue weighted by atomic mass is 9.99. The summed E-state index contributed by atoms with van der Waals surface area (Å²) in [4.78, 5) is 12.2. The summed E-state index contributed by atoms with van der Waals surface area (Å²) in [7, 11) is 0. The average molecular weight is 305 g/mol. The van der Waals surface area contributed by atoms with Crippen LogP contribution in [0.25, 0.3) is 0 Å². The summed E-state index contributed by atoms with van der Waals surface area (Å²) in [5, 5.41) is 3.03. The maximum atomic E-state index is 12.2. The predicted octanol–water partition coefficient (Wildman–Crippen LogP) is 4.40. The fourth-order valence-corrected chi connectivity index (χ4v) is 2.41. The number of aryl methyl sites for hydroxylation is 2. The number of ether oxygens (including phenoxy) is 1. The smallest absolute Gasteiger partial charge is 0.260 e. The van der Waals surface area contributed by atoms with Crippen LogP contribution in [0.2, 0.25) is 0 Å². The number of rotatable bonds is 9. The van der Waals surface area contributed by atoms with Crippen LogP contribution < -0.4 is 10.1 Å². The molecule has 1 aromatic carbocycles. The van der Waals surface area contributed by atoms with Gasteiger partial charge in [0.15, 0.2) is 6.10 Å². The van der Waals surface area contributed by atoms with Crippen LogP contribution in [-0.2, 0) is 4.79 Å². The maximum Gasteiger partial charge on any atom is 0.260 e. The van der Waals surface area contributed by atoms with E-state index in [0.717, 1.165) is 29.8 Å². The minimum atomic E-state index is -0.468. The molecular formula is C19H31NO2. The molecule has 0 heterocycles. The van der Waals surface area contributed by atoms with Gasteiger partial charge in [-0.2, -0.15) is 0 Å². The Hall–Kier alpha value is -1.51. The van der Waals surface area contributed by atoms with Crippen molar-refractivity contribution >= 4 is 5.91 Å². The van der Waals surface area contributed by atoms with Gasteiger partial charge in [0.25, 0.3) is 5.91 Å². The van der Waals surface area contributed by atoms with Gasteiger partial charge in [0.2, 0.25) is 0 Å². The fourth-order valence-electron chi connectivity index (χ4n) is 2.41. The second kappa shape index (κ2) is 9.50. The van der Waals surface area contributed by atoms with Crippen LogP contribution in [0.4, 0.5) is 0 Å². The molecule has 3 nitrogen and oxygen atoms in total. The quantitative estimate of drug-likeness (QED) is 0.734. The van der Waals surface area contributed by atoms with Crippen molar-refractivity contribution in [2.24, 2.45) is 5.92 Å². The first-order chi connectivity index (χ1) is 10.5. The van der Waals surface area contributed by atoms with Crippen LogP contribution in [-0.4, -0.2) is 18.6 Å². The summed E-state index contributed by atoms with van der Waals surface area (Å²) in [5.74, 6) is 1.33. The average Bonchev–Trinajstić information content (AvgIpc) is 2.50. The molecule has 0 fully saturated rings. The molecule has 0 bridgehead atoms. The number of unbranched alkanes of at least 4 members (excludes halogenated alkanes) is 1. The summed E-state index contributed by atoms with van der Waals surface area (Å²) in [5.41, 5.74) is 2.19. The molecule has 1 rings (SSSR count). The highest BCUT2D eigenvalue weighted by Gasteiger charge is 2.17. The van der Waals surface area contributed by atoms with Crippen molar-refractivity contribution in [1.29, 1.82) is 0 Å². The zero-order valence-corrected chi connectivity index (χ0v) is 14.7. The molecule has 1 aromatic rings. The van der Waals surface area contributed by atoms with Gasteiger partial charge in [0.05, 0.1) is 0 Å². The maximum absolute atomic E-state index is 12.2. The molecule has 124 valence electrons. The monoisotopic (exact) mass is 305 g/mol. The van der Waals surface area contributed by atoms with E-state index in [2.05, 4.69) is 19.2 Å². The van der Waals surface area contributed by atoms with Crippen molar-refractivity contribution < 1.29 is 9.53 Å². The van der Waals surface area contributed by atoms with Crippen LogP contribution in [0, 0.1) is 19.8 Å². The molecule has 0 unspecified atom stereocenters. The summed E-state index contributed by atoms with van der Waals surface area (Å²) in [6.45, 7) is 11.0. The zero-order chi connectivity index (χ0) is 16.5. The van der Waals surface area contributed by atoms with Crippen molar-refractivity contribution in [1.82, 2.24) is 5.32 Å². The van der Waals surface area contributed by atoms with Crippen molar-refractivity contribution in [3.05, 3.63) is 29.3 Å². The zero-order valence-electron chi connectivity index (χ0n) is 14.7. The van der Waals surface area contributed by atoms with E-state index < -0.39 is 6.10 Å². The Morgan fingerprint density at radius 3 is 2.64 bits per heavy atom. The highest BCUT2D eigenvalue weighted by atomic mass is 16.5. The van der Waals surface area contributed by atoms with Gasteiger partial charge in [0.1, 0.15) is 5.75 Å². The molecule has 1 N–H and O–H groups in total. The van der Waals surface area contributed by atoms with Gasteiger partial charge in [-0.3, -0.25) is 4.79 Å². The van der Waals surface area contributed by atoms with E-state index in [1.807, 2.05) is 39.0 Å². The minimum Gasteiger partial charge on any atom is -0.481 e. The molecule has 22 heavy (non-hydrogen) atoms. The first-order valence-corrected chi connectivity index (χ1v) is 8.49. The fraction of sp³-hybridized carbons (Fsp3) is 0.632. The first-order valence-electron chi connectivity index (χ1n) is 8.49. The van der Waals surface area contributed by atoms with E-state index in [4.69, 9.17) is 4.74 Å². The first kappa shape index (κ1) is 18.5. The standard InChI is InChI=1S/C19H31NO2/c1-6-8-9-17(7-2)13-20-19(21)16(5)22-18-12-14(3)10-11-15(18)4/h10-12,16-17H,6-9,13H2,1-5H3,(H,20,21)/t16-,17-/m0/s1. The van der Waals surface area contributed by atoms with Gasteiger partial charge in [-0.15, -0.1) is 0 Å². The number of benzene rings is 1. The molecule has 2 atom stereocenters. The molecule has 0 radical (unpaired) electrons. The summed E-state index contributed by atoms with van der Waals surface area (Å²) in [6.07, 6.45) is 4.25. The summed E-state index contributed by atoms with van der Waals surface area (Å²) >= 11 is 0. The van der Waals surface area contributed by atoms with Crippen molar-refractivity contribution in [3.63, 3.8) is 0 Å². The predicted molar refractivity (Wildman–Crippen MR) is 92.3 cm³/mol. The Bertz CT molecular complexity index is 471. The molecule has 0 aliphatic rings. The largest absolute Gasteiger partial charge is 0.481 e. The molecule has 0 aromatic heterocycles. The molecule has 0 saturated heterocycles. The molecule has 0 aliphatic carbocycles. The van der Waals surface area contributed by atoms with Crippen LogP contribution in [0.3, 0.4) is 0 Å². The second-order valence-electron chi connectivity index (χ2n) is 6.19. The highest BCUT2D eigenvalue weighted by molar-refractivity contribution is 5.80. The lowest BCUT2D eigenvalue weighted by molar-refractivity contribution is -0.127. The number of hydrogen-bond acceptors (Lipinski definition) is 2. The molecule has 0 aliphatic heterocycles. The SMILES string of the molecule is CCCC[C@H](CC)CNC(=O)[C@H](C)Oc1cc(C)ccc1C. The second-order valence-corrected chi connectivity index (χ2v) is 6.19. The summed E-state index contributed by atoms with van der Waals surface area (Å²) < 4.78 is 5.82. The Morgan fingerprint density at radius 2 is 2.00 bits per heavy atom. The Morgan fingerprint density at radius 1 is 1.27 bits per heavy atom. The summed E-state index contributed by atoms with van der Waals surface area (Å²) in [6, 6.07) is 6.05. The number of hydrogen-bond donors (Lipinski definition) is 1. The third-order valence-corrected chi connectivity index (χ3v) is 4.12. The topological polar surface area (TPSA) is 38.3 Å². The van der Waals surface area contributed by atoms with E-state index in [1.54, 1.807) is 0 Å².